The number of hydrogen-bond donors (Lipinski definition) is 0. The largest absolute Gasteiger partial charge is 0.237 e. The SMILES string of the molecule is [C-]#[N+]c1ccc2c(sc3c(-c4ccc(C)c[n+]4C)c(C)ccc32)c1-c1ccccc1. The lowest BCUT2D eigenvalue weighted by Crippen LogP contribution is -2.31. The number of hydrogen-bond acceptors (Lipinski definition) is 1. The van der Waals surface area contributed by atoms with Crippen molar-refractivity contribution in [2.75, 3.05) is 0 Å². The number of aromatic nitrogens is 1. The van der Waals surface area contributed by atoms with Gasteiger partial charge in [-0.1, -0.05) is 54.6 Å². The van der Waals surface area contributed by atoms with Gasteiger partial charge in [-0.2, -0.15) is 0 Å². The predicted molar refractivity (Wildman–Crippen MR) is 127 cm³/mol. The molecule has 2 aromatic heterocycles. The van der Waals surface area contributed by atoms with E-state index in [4.69, 9.17) is 6.57 Å². The zero-order chi connectivity index (χ0) is 20.8. The van der Waals surface area contributed by atoms with Gasteiger partial charge in [0.15, 0.2) is 11.9 Å². The van der Waals surface area contributed by atoms with Crippen LogP contribution in [0.25, 0.3) is 47.4 Å². The molecule has 0 atom stereocenters. The highest BCUT2D eigenvalue weighted by atomic mass is 32.1. The Kier molecular flexibility index (Phi) is 4.38. The number of thiophene rings is 1. The zero-order valence-corrected chi connectivity index (χ0v) is 18.0. The second-order valence-electron chi connectivity index (χ2n) is 7.75. The van der Waals surface area contributed by atoms with Gasteiger partial charge in [0.2, 0.25) is 5.69 Å². The molecule has 3 heteroatoms. The van der Waals surface area contributed by atoms with Crippen molar-refractivity contribution >= 4 is 37.2 Å². The maximum absolute atomic E-state index is 7.73. The standard InChI is InChI=1S/C27H21N2S/c1-17-10-15-23(29(4)16-17)24-18(2)11-12-20-21-13-14-22(28-3)25(27(21)30-26(20)24)19-8-6-5-7-9-19/h5-16H,1-2,4H3/q+1. The molecule has 0 aliphatic heterocycles. The Balaban J connectivity index is 1.92. The summed E-state index contributed by atoms with van der Waals surface area (Å²) in [5, 5.41) is 2.47. The molecule has 0 bridgehead atoms. The molecule has 0 unspecified atom stereocenters. The van der Waals surface area contributed by atoms with Crippen molar-refractivity contribution in [1.29, 1.82) is 0 Å². The monoisotopic (exact) mass is 405 g/mol. The van der Waals surface area contributed by atoms with Crippen LogP contribution in [-0.4, -0.2) is 0 Å². The third kappa shape index (κ3) is 2.81. The van der Waals surface area contributed by atoms with Crippen LogP contribution in [0.1, 0.15) is 11.1 Å². The van der Waals surface area contributed by atoms with Crippen molar-refractivity contribution in [3.8, 4) is 22.4 Å². The van der Waals surface area contributed by atoms with Crippen LogP contribution in [0.4, 0.5) is 5.69 Å². The highest BCUT2D eigenvalue weighted by molar-refractivity contribution is 7.27. The van der Waals surface area contributed by atoms with Crippen molar-refractivity contribution in [2.45, 2.75) is 13.8 Å². The van der Waals surface area contributed by atoms with Gasteiger partial charge in [-0.25, -0.2) is 9.41 Å². The van der Waals surface area contributed by atoms with E-state index < -0.39 is 0 Å². The zero-order valence-electron chi connectivity index (χ0n) is 17.2. The molecular formula is C27H21N2S+. The first-order valence-electron chi connectivity index (χ1n) is 9.97. The van der Waals surface area contributed by atoms with E-state index in [-0.39, 0.29) is 0 Å². The van der Waals surface area contributed by atoms with Gasteiger partial charge < -0.3 is 0 Å². The Hall–Kier alpha value is -3.48. The molecule has 144 valence electrons. The van der Waals surface area contributed by atoms with E-state index in [0.29, 0.717) is 5.69 Å². The molecule has 2 nitrogen and oxygen atoms in total. The fraction of sp³-hybridized carbons (Fsp3) is 0.111. The van der Waals surface area contributed by atoms with E-state index in [1.54, 1.807) is 11.3 Å². The average Bonchev–Trinajstić information content (AvgIpc) is 3.13. The Morgan fingerprint density at radius 2 is 1.50 bits per heavy atom. The third-order valence-electron chi connectivity index (χ3n) is 5.72. The Morgan fingerprint density at radius 1 is 0.800 bits per heavy atom. The molecule has 0 fully saturated rings. The molecule has 0 saturated heterocycles. The lowest BCUT2D eigenvalue weighted by atomic mass is 9.98. The Morgan fingerprint density at radius 3 is 2.20 bits per heavy atom. The number of benzene rings is 3. The fourth-order valence-electron chi connectivity index (χ4n) is 4.29. The van der Waals surface area contributed by atoms with Gasteiger partial charge in [0.05, 0.1) is 12.1 Å². The van der Waals surface area contributed by atoms with Gasteiger partial charge in [-0.05, 0) is 36.4 Å². The summed E-state index contributed by atoms with van der Waals surface area (Å²) in [7, 11) is 2.11. The van der Waals surface area contributed by atoms with Crippen LogP contribution in [0.15, 0.2) is 72.9 Å². The van der Waals surface area contributed by atoms with E-state index in [1.165, 1.54) is 42.6 Å². The van der Waals surface area contributed by atoms with Crippen LogP contribution >= 0.6 is 11.3 Å². The maximum Gasteiger partial charge on any atom is 0.213 e. The van der Waals surface area contributed by atoms with Crippen LogP contribution in [0, 0.1) is 20.4 Å². The van der Waals surface area contributed by atoms with E-state index in [0.717, 1.165) is 11.1 Å². The maximum atomic E-state index is 7.73. The summed E-state index contributed by atoms with van der Waals surface area (Å²) in [5.41, 5.74) is 7.84. The molecular weight excluding hydrogens is 384 g/mol. The number of fused-ring (bicyclic) bond motifs is 3. The topological polar surface area (TPSA) is 8.24 Å². The van der Waals surface area contributed by atoms with Crippen molar-refractivity contribution in [2.24, 2.45) is 7.05 Å². The van der Waals surface area contributed by atoms with Crippen LogP contribution < -0.4 is 4.57 Å². The minimum atomic E-state index is 0.708. The number of nitrogens with zero attached hydrogens (tertiary/aromatic N) is 2. The quantitative estimate of drug-likeness (QED) is 0.214. The van der Waals surface area contributed by atoms with E-state index in [2.05, 4.69) is 79.0 Å². The highest BCUT2D eigenvalue weighted by Crippen LogP contribution is 2.47. The summed E-state index contributed by atoms with van der Waals surface area (Å²) in [6.07, 6.45) is 2.17. The summed E-state index contributed by atoms with van der Waals surface area (Å²) in [6.45, 7) is 12.0. The number of rotatable bonds is 2. The molecule has 0 amide bonds. The lowest BCUT2D eigenvalue weighted by Gasteiger charge is -2.06. The first kappa shape index (κ1) is 18.5. The third-order valence-corrected chi connectivity index (χ3v) is 6.97. The molecule has 0 aliphatic rings. The van der Waals surface area contributed by atoms with E-state index in [1.807, 2.05) is 24.3 Å². The number of pyridine rings is 1. The second-order valence-corrected chi connectivity index (χ2v) is 8.77. The Bertz CT molecular complexity index is 1470. The van der Waals surface area contributed by atoms with Crippen LogP contribution in [0.2, 0.25) is 0 Å². The Labute approximate surface area is 180 Å². The molecule has 0 saturated carbocycles. The first-order valence-corrected chi connectivity index (χ1v) is 10.8. The minimum absolute atomic E-state index is 0.708. The van der Waals surface area contributed by atoms with Gasteiger partial charge in [-0.3, -0.25) is 0 Å². The fourth-order valence-corrected chi connectivity index (χ4v) is 5.76. The van der Waals surface area contributed by atoms with Gasteiger partial charge in [-0.15, -0.1) is 11.3 Å². The molecule has 5 aromatic rings. The first-order chi connectivity index (χ1) is 14.6. The molecule has 5 rings (SSSR count). The van der Waals surface area contributed by atoms with Gasteiger partial charge in [0.1, 0.15) is 7.05 Å². The normalized spacial score (nSPS) is 11.1. The molecule has 3 aromatic carbocycles. The van der Waals surface area contributed by atoms with E-state index >= 15 is 0 Å². The summed E-state index contributed by atoms with van der Waals surface area (Å²) in [5.74, 6) is 0. The average molecular weight is 406 g/mol. The van der Waals surface area contributed by atoms with Crippen LogP contribution in [-0.2, 0) is 7.05 Å². The summed E-state index contributed by atoms with van der Waals surface area (Å²) < 4.78 is 4.68. The molecule has 0 aliphatic carbocycles. The molecule has 0 N–H and O–H groups in total. The summed E-state index contributed by atoms with van der Waals surface area (Å²) in [6, 6.07) is 23.2. The van der Waals surface area contributed by atoms with Crippen molar-refractivity contribution in [1.82, 2.24) is 0 Å². The molecule has 30 heavy (non-hydrogen) atoms. The van der Waals surface area contributed by atoms with Crippen LogP contribution in [0.5, 0.6) is 0 Å². The molecule has 0 spiro atoms. The number of aryl methyl sites for hydroxylation is 3. The smallest absolute Gasteiger partial charge is 0.213 e. The predicted octanol–water partition coefficient (Wildman–Crippen LogP) is 7.38. The van der Waals surface area contributed by atoms with Gasteiger partial charge in [0, 0.05) is 32.0 Å². The van der Waals surface area contributed by atoms with E-state index in [9.17, 15) is 0 Å². The van der Waals surface area contributed by atoms with Gasteiger partial charge in [0.25, 0.3) is 0 Å². The van der Waals surface area contributed by atoms with Crippen molar-refractivity contribution < 1.29 is 4.57 Å². The highest BCUT2D eigenvalue weighted by Gasteiger charge is 2.21. The minimum Gasteiger partial charge on any atom is -0.237 e. The summed E-state index contributed by atoms with van der Waals surface area (Å²) >= 11 is 1.80. The van der Waals surface area contributed by atoms with Crippen molar-refractivity contribution in [3.05, 3.63) is 95.5 Å². The lowest BCUT2D eigenvalue weighted by molar-refractivity contribution is -0.660. The molecule has 0 radical (unpaired) electrons. The van der Waals surface area contributed by atoms with Crippen LogP contribution in [0.3, 0.4) is 0 Å². The molecule has 2 heterocycles. The van der Waals surface area contributed by atoms with Gasteiger partial charge >= 0.3 is 0 Å². The second kappa shape index (κ2) is 7.09. The summed E-state index contributed by atoms with van der Waals surface area (Å²) in [4.78, 5) is 3.84. The van der Waals surface area contributed by atoms with Crippen molar-refractivity contribution in [3.63, 3.8) is 0 Å².